The van der Waals surface area contributed by atoms with Gasteiger partial charge in [0.2, 0.25) is 0 Å². The zero-order valence-corrected chi connectivity index (χ0v) is 13.4. The van der Waals surface area contributed by atoms with Crippen LogP contribution in [0.3, 0.4) is 0 Å². The number of thiazole rings is 1. The van der Waals surface area contributed by atoms with Gasteiger partial charge in [-0.05, 0) is 36.8 Å². The summed E-state index contributed by atoms with van der Waals surface area (Å²) in [6.45, 7) is 1.88. The highest BCUT2D eigenvalue weighted by Crippen LogP contribution is 2.30. The summed E-state index contributed by atoms with van der Waals surface area (Å²) in [5, 5.41) is 3.95. The van der Waals surface area contributed by atoms with E-state index in [0.29, 0.717) is 15.9 Å². The molecule has 0 fully saturated rings. The predicted octanol–water partition coefficient (Wildman–Crippen LogP) is 4.28. The maximum Gasteiger partial charge on any atom is 0.264 e. The van der Waals surface area contributed by atoms with Crippen LogP contribution < -0.4 is 10.1 Å². The van der Waals surface area contributed by atoms with Crippen LogP contribution >= 0.6 is 22.9 Å². The van der Waals surface area contributed by atoms with Crippen molar-refractivity contribution < 1.29 is 9.53 Å². The molecule has 0 spiro atoms. The SMILES string of the molecule is Cc1cc2sc(NC(=O)COc3ccccc3)nc2cc1Cl. The first-order chi connectivity index (χ1) is 10.6. The molecular weight excluding hydrogens is 320 g/mol. The summed E-state index contributed by atoms with van der Waals surface area (Å²) < 4.78 is 6.38. The van der Waals surface area contributed by atoms with Crippen molar-refractivity contribution in [1.29, 1.82) is 0 Å². The number of halogens is 1. The van der Waals surface area contributed by atoms with Gasteiger partial charge >= 0.3 is 0 Å². The van der Waals surface area contributed by atoms with E-state index in [-0.39, 0.29) is 12.5 Å². The van der Waals surface area contributed by atoms with Gasteiger partial charge < -0.3 is 4.74 Å². The Kier molecular flexibility index (Phi) is 4.27. The van der Waals surface area contributed by atoms with Crippen molar-refractivity contribution in [2.45, 2.75) is 6.92 Å². The van der Waals surface area contributed by atoms with Crippen LogP contribution in [-0.2, 0) is 4.79 Å². The average Bonchev–Trinajstić information content (AvgIpc) is 2.88. The summed E-state index contributed by atoms with van der Waals surface area (Å²) in [6.07, 6.45) is 0. The number of nitrogens with one attached hydrogen (secondary N) is 1. The molecule has 1 aromatic heterocycles. The van der Waals surface area contributed by atoms with E-state index in [2.05, 4.69) is 10.3 Å². The third-order valence-corrected chi connectivity index (χ3v) is 4.37. The lowest BCUT2D eigenvalue weighted by molar-refractivity contribution is -0.118. The Morgan fingerprint density at radius 2 is 2.09 bits per heavy atom. The predicted molar refractivity (Wildman–Crippen MR) is 89.9 cm³/mol. The van der Waals surface area contributed by atoms with E-state index in [1.165, 1.54) is 11.3 Å². The first kappa shape index (κ1) is 14.8. The molecule has 0 saturated carbocycles. The number of nitrogens with zero attached hydrogens (tertiary/aromatic N) is 1. The molecule has 0 unspecified atom stereocenters. The van der Waals surface area contributed by atoms with E-state index in [0.717, 1.165) is 15.8 Å². The first-order valence-corrected chi connectivity index (χ1v) is 7.85. The van der Waals surface area contributed by atoms with E-state index in [1.807, 2.05) is 31.2 Å². The summed E-state index contributed by atoms with van der Waals surface area (Å²) in [4.78, 5) is 16.3. The molecule has 6 heteroatoms. The number of carbonyl (C=O) groups is 1. The molecule has 1 amide bonds. The average molecular weight is 333 g/mol. The smallest absolute Gasteiger partial charge is 0.264 e. The summed E-state index contributed by atoms with van der Waals surface area (Å²) >= 11 is 7.49. The van der Waals surface area contributed by atoms with Crippen LogP contribution in [-0.4, -0.2) is 17.5 Å². The largest absolute Gasteiger partial charge is 0.484 e. The first-order valence-electron chi connectivity index (χ1n) is 6.66. The monoisotopic (exact) mass is 332 g/mol. The molecule has 0 saturated heterocycles. The maximum absolute atomic E-state index is 11.9. The van der Waals surface area contributed by atoms with E-state index in [9.17, 15) is 4.79 Å². The van der Waals surface area contributed by atoms with Crippen molar-refractivity contribution >= 4 is 44.2 Å². The number of fused-ring (bicyclic) bond motifs is 1. The molecule has 2 aromatic carbocycles. The van der Waals surface area contributed by atoms with Gasteiger partial charge in [0.05, 0.1) is 10.2 Å². The van der Waals surface area contributed by atoms with Crippen molar-refractivity contribution in [2.24, 2.45) is 0 Å². The number of carbonyl (C=O) groups excluding carboxylic acids is 1. The number of amides is 1. The third kappa shape index (κ3) is 3.37. The molecule has 22 heavy (non-hydrogen) atoms. The van der Waals surface area contributed by atoms with Gasteiger partial charge in [0.1, 0.15) is 5.75 Å². The standard InChI is InChI=1S/C16H13ClN2O2S/c1-10-7-14-13(8-12(10)17)18-16(22-14)19-15(20)9-21-11-5-3-2-4-6-11/h2-8H,9H2,1H3,(H,18,19,20). The van der Waals surface area contributed by atoms with Crippen LogP contribution in [0.5, 0.6) is 5.75 Å². The van der Waals surface area contributed by atoms with Crippen molar-refractivity contribution in [3.05, 3.63) is 53.1 Å². The minimum Gasteiger partial charge on any atom is -0.484 e. The van der Waals surface area contributed by atoms with Crippen molar-refractivity contribution in [2.75, 3.05) is 11.9 Å². The number of para-hydroxylation sites is 1. The molecule has 0 radical (unpaired) electrons. The van der Waals surface area contributed by atoms with Gasteiger partial charge in [-0.3, -0.25) is 10.1 Å². The van der Waals surface area contributed by atoms with E-state index >= 15 is 0 Å². The third-order valence-electron chi connectivity index (χ3n) is 3.03. The van der Waals surface area contributed by atoms with Gasteiger partial charge in [0.25, 0.3) is 5.91 Å². The highest BCUT2D eigenvalue weighted by Gasteiger charge is 2.10. The second-order valence-electron chi connectivity index (χ2n) is 4.74. The molecule has 3 rings (SSSR count). The molecule has 1 N–H and O–H groups in total. The second-order valence-corrected chi connectivity index (χ2v) is 6.18. The Labute approximate surface area is 136 Å². The lowest BCUT2D eigenvalue weighted by atomic mass is 10.2. The fraction of sp³-hybridized carbons (Fsp3) is 0.125. The fourth-order valence-corrected chi connectivity index (χ4v) is 3.04. The van der Waals surface area contributed by atoms with Crippen molar-refractivity contribution in [3.8, 4) is 5.75 Å². The van der Waals surface area contributed by atoms with Crippen LogP contribution in [0, 0.1) is 6.92 Å². The molecule has 0 bridgehead atoms. The second kappa shape index (κ2) is 6.34. The molecule has 112 valence electrons. The Bertz CT molecular complexity index is 779. The van der Waals surface area contributed by atoms with Crippen LogP contribution in [0.25, 0.3) is 10.2 Å². The summed E-state index contributed by atoms with van der Waals surface area (Å²) in [5.74, 6) is 0.412. The number of rotatable bonds is 4. The lowest BCUT2D eigenvalue weighted by Gasteiger charge is -2.04. The minimum atomic E-state index is -0.245. The fourth-order valence-electron chi connectivity index (χ4n) is 1.92. The Hall–Kier alpha value is -2.11. The number of aryl methyl sites for hydroxylation is 1. The lowest BCUT2D eigenvalue weighted by Crippen LogP contribution is -2.19. The normalized spacial score (nSPS) is 10.6. The van der Waals surface area contributed by atoms with E-state index in [4.69, 9.17) is 16.3 Å². The van der Waals surface area contributed by atoms with Gasteiger partial charge in [-0.2, -0.15) is 0 Å². The molecule has 4 nitrogen and oxygen atoms in total. The number of anilines is 1. The quantitative estimate of drug-likeness (QED) is 0.776. The van der Waals surface area contributed by atoms with Gasteiger partial charge in [-0.1, -0.05) is 41.1 Å². The van der Waals surface area contributed by atoms with Crippen LogP contribution in [0.1, 0.15) is 5.56 Å². The van der Waals surface area contributed by atoms with Crippen LogP contribution in [0.15, 0.2) is 42.5 Å². The highest BCUT2D eigenvalue weighted by molar-refractivity contribution is 7.22. The molecule has 0 atom stereocenters. The Morgan fingerprint density at radius 1 is 1.32 bits per heavy atom. The zero-order valence-electron chi connectivity index (χ0n) is 11.8. The number of hydrogen-bond acceptors (Lipinski definition) is 4. The molecule has 3 aromatic rings. The maximum atomic E-state index is 11.9. The highest BCUT2D eigenvalue weighted by atomic mass is 35.5. The molecule has 0 aliphatic rings. The van der Waals surface area contributed by atoms with Crippen LogP contribution in [0.4, 0.5) is 5.13 Å². The van der Waals surface area contributed by atoms with E-state index in [1.54, 1.807) is 18.2 Å². The minimum absolute atomic E-state index is 0.0558. The topological polar surface area (TPSA) is 51.2 Å². The van der Waals surface area contributed by atoms with Gasteiger partial charge in [-0.25, -0.2) is 4.98 Å². The molecule has 1 heterocycles. The summed E-state index contributed by atoms with van der Waals surface area (Å²) in [7, 11) is 0. The Balaban J connectivity index is 1.66. The van der Waals surface area contributed by atoms with E-state index < -0.39 is 0 Å². The summed E-state index contributed by atoms with van der Waals surface area (Å²) in [5.41, 5.74) is 1.77. The van der Waals surface area contributed by atoms with Crippen LogP contribution in [0.2, 0.25) is 5.02 Å². The van der Waals surface area contributed by atoms with Gasteiger partial charge in [0, 0.05) is 5.02 Å². The number of hydrogen-bond donors (Lipinski definition) is 1. The molecule has 0 aliphatic heterocycles. The van der Waals surface area contributed by atoms with Gasteiger partial charge in [-0.15, -0.1) is 0 Å². The molecule has 0 aliphatic carbocycles. The zero-order chi connectivity index (χ0) is 15.5. The van der Waals surface area contributed by atoms with Crippen molar-refractivity contribution in [3.63, 3.8) is 0 Å². The number of ether oxygens (including phenoxy) is 1. The molecular formula is C16H13ClN2O2S. The Morgan fingerprint density at radius 3 is 2.86 bits per heavy atom. The van der Waals surface area contributed by atoms with Gasteiger partial charge in [0.15, 0.2) is 11.7 Å². The number of aromatic nitrogens is 1. The van der Waals surface area contributed by atoms with Crippen molar-refractivity contribution in [1.82, 2.24) is 4.98 Å². The number of benzene rings is 2. The summed E-state index contributed by atoms with van der Waals surface area (Å²) in [6, 6.07) is 13.0.